The predicted molar refractivity (Wildman–Crippen MR) is 107 cm³/mol. The van der Waals surface area contributed by atoms with Crippen molar-refractivity contribution in [1.82, 2.24) is 31.1 Å². The highest BCUT2D eigenvalue weighted by molar-refractivity contribution is 6.05. The molecule has 1 aromatic carbocycles. The summed E-state index contributed by atoms with van der Waals surface area (Å²) in [6, 6.07) is 10.6. The van der Waals surface area contributed by atoms with Crippen molar-refractivity contribution in [3.05, 3.63) is 60.0 Å². The average molecular weight is 380 g/mol. The first-order chi connectivity index (χ1) is 13.6. The fourth-order valence-electron chi connectivity index (χ4n) is 2.78. The summed E-state index contributed by atoms with van der Waals surface area (Å²) in [6.45, 7) is 3.70. The third-order valence-corrected chi connectivity index (χ3v) is 4.31. The number of benzene rings is 1. The molecular weight excluding hydrogens is 356 g/mol. The molecule has 4 N–H and O–H groups in total. The zero-order chi connectivity index (χ0) is 19.8. The lowest BCUT2D eigenvalue weighted by molar-refractivity contribution is -0.122. The van der Waals surface area contributed by atoms with Crippen LogP contribution in [0.1, 0.15) is 29.4 Å². The lowest BCUT2D eigenvalue weighted by Gasteiger charge is -2.13. The molecule has 2 amide bonds. The summed E-state index contributed by atoms with van der Waals surface area (Å²) in [5.74, 6) is -0.598. The Labute approximate surface area is 163 Å². The number of H-pyrrole nitrogens is 1. The molecule has 146 valence electrons. The van der Waals surface area contributed by atoms with Gasteiger partial charge >= 0.3 is 0 Å². The Morgan fingerprint density at radius 2 is 2.00 bits per heavy atom. The normalized spacial score (nSPS) is 11.9. The van der Waals surface area contributed by atoms with Gasteiger partial charge in [-0.3, -0.25) is 19.7 Å². The summed E-state index contributed by atoms with van der Waals surface area (Å²) >= 11 is 0. The third-order valence-electron chi connectivity index (χ3n) is 4.31. The zero-order valence-electron chi connectivity index (χ0n) is 15.7. The van der Waals surface area contributed by atoms with Crippen molar-refractivity contribution < 1.29 is 9.59 Å². The zero-order valence-corrected chi connectivity index (χ0v) is 15.7. The van der Waals surface area contributed by atoms with Gasteiger partial charge < -0.3 is 16.0 Å². The van der Waals surface area contributed by atoms with E-state index in [0.29, 0.717) is 6.54 Å². The van der Waals surface area contributed by atoms with Crippen molar-refractivity contribution in [2.45, 2.75) is 25.9 Å². The van der Waals surface area contributed by atoms with E-state index in [1.807, 2.05) is 42.6 Å². The van der Waals surface area contributed by atoms with Gasteiger partial charge in [-0.2, -0.15) is 5.10 Å². The van der Waals surface area contributed by atoms with Crippen LogP contribution in [-0.4, -0.2) is 46.1 Å². The van der Waals surface area contributed by atoms with E-state index in [1.165, 1.54) is 0 Å². The highest BCUT2D eigenvalue weighted by Gasteiger charge is 2.19. The second kappa shape index (κ2) is 9.61. The molecule has 1 atom stereocenters. The molecule has 0 aliphatic heterocycles. The highest BCUT2D eigenvalue weighted by atomic mass is 16.2. The number of nitrogens with zero attached hydrogens (tertiary/aromatic N) is 2. The fourth-order valence-corrected chi connectivity index (χ4v) is 2.78. The number of amides is 2. The SMILES string of the molecule is CC(NC(=O)c1n[nH]c2ccccc12)C(=O)NCCCNCc1cccnc1. The summed E-state index contributed by atoms with van der Waals surface area (Å²) in [5, 5.41) is 16.4. The van der Waals surface area contributed by atoms with Gasteiger partial charge in [-0.05, 0) is 37.6 Å². The van der Waals surface area contributed by atoms with Gasteiger partial charge in [-0.1, -0.05) is 24.3 Å². The van der Waals surface area contributed by atoms with E-state index in [9.17, 15) is 9.59 Å². The Balaban J connectivity index is 1.37. The molecule has 0 radical (unpaired) electrons. The Morgan fingerprint density at radius 1 is 1.14 bits per heavy atom. The van der Waals surface area contributed by atoms with Gasteiger partial charge in [0.15, 0.2) is 5.69 Å². The summed E-state index contributed by atoms with van der Waals surface area (Å²) in [7, 11) is 0. The van der Waals surface area contributed by atoms with Crippen LogP contribution < -0.4 is 16.0 Å². The minimum atomic E-state index is -0.647. The van der Waals surface area contributed by atoms with E-state index >= 15 is 0 Å². The summed E-state index contributed by atoms with van der Waals surface area (Å²) in [4.78, 5) is 28.6. The Bertz CT molecular complexity index is 925. The topological polar surface area (TPSA) is 112 Å². The number of hydrogen-bond donors (Lipinski definition) is 4. The number of pyridine rings is 1. The maximum atomic E-state index is 12.4. The molecule has 8 heteroatoms. The molecule has 0 aliphatic rings. The quantitative estimate of drug-likeness (QED) is 0.419. The van der Waals surface area contributed by atoms with Crippen LogP contribution in [0.15, 0.2) is 48.8 Å². The number of rotatable bonds is 9. The highest BCUT2D eigenvalue weighted by Crippen LogP contribution is 2.14. The van der Waals surface area contributed by atoms with Crippen molar-refractivity contribution in [2.24, 2.45) is 0 Å². The van der Waals surface area contributed by atoms with Gasteiger partial charge in [-0.25, -0.2) is 0 Å². The lowest BCUT2D eigenvalue weighted by atomic mass is 10.2. The van der Waals surface area contributed by atoms with E-state index in [1.54, 1.807) is 13.1 Å². The smallest absolute Gasteiger partial charge is 0.273 e. The molecule has 3 rings (SSSR count). The Morgan fingerprint density at radius 3 is 2.82 bits per heavy atom. The second-order valence-electron chi connectivity index (χ2n) is 6.50. The van der Waals surface area contributed by atoms with Crippen molar-refractivity contribution in [1.29, 1.82) is 0 Å². The van der Waals surface area contributed by atoms with Crippen LogP contribution in [-0.2, 0) is 11.3 Å². The van der Waals surface area contributed by atoms with Gasteiger partial charge in [0.2, 0.25) is 5.91 Å². The maximum absolute atomic E-state index is 12.4. The minimum absolute atomic E-state index is 0.222. The van der Waals surface area contributed by atoms with Gasteiger partial charge in [0.05, 0.1) is 5.52 Å². The van der Waals surface area contributed by atoms with E-state index in [4.69, 9.17) is 0 Å². The number of fused-ring (bicyclic) bond motifs is 1. The maximum Gasteiger partial charge on any atom is 0.273 e. The molecular formula is C20H24N6O2. The predicted octanol–water partition coefficient (Wildman–Crippen LogP) is 1.37. The second-order valence-corrected chi connectivity index (χ2v) is 6.50. The Hall–Kier alpha value is -3.26. The summed E-state index contributed by atoms with van der Waals surface area (Å²) in [6.07, 6.45) is 4.35. The number of hydrogen-bond acceptors (Lipinski definition) is 5. The monoisotopic (exact) mass is 380 g/mol. The van der Waals surface area contributed by atoms with E-state index in [0.717, 1.165) is 36.0 Å². The van der Waals surface area contributed by atoms with Crippen molar-refractivity contribution >= 4 is 22.7 Å². The van der Waals surface area contributed by atoms with Crippen molar-refractivity contribution in [2.75, 3.05) is 13.1 Å². The largest absolute Gasteiger partial charge is 0.354 e. The van der Waals surface area contributed by atoms with Crippen LogP contribution in [0.5, 0.6) is 0 Å². The fraction of sp³-hybridized carbons (Fsp3) is 0.300. The van der Waals surface area contributed by atoms with Crippen LogP contribution in [0.3, 0.4) is 0 Å². The third kappa shape index (κ3) is 5.14. The van der Waals surface area contributed by atoms with Gasteiger partial charge in [-0.15, -0.1) is 0 Å². The molecule has 0 bridgehead atoms. The first-order valence-corrected chi connectivity index (χ1v) is 9.26. The number of para-hydroxylation sites is 1. The molecule has 8 nitrogen and oxygen atoms in total. The molecule has 0 spiro atoms. The standard InChI is InChI=1S/C20H24N6O2/c1-14(24-20(28)18-16-7-2-3-8-17(16)25-26-18)19(27)23-11-5-10-22-13-15-6-4-9-21-12-15/h2-4,6-9,12,14,22H,5,10-11,13H2,1H3,(H,23,27)(H,24,28)(H,25,26). The van der Waals surface area contributed by atoms with Crippen molar-refractivity contribution in [3.8, 4) is 0 Å². The number of carbonyl (C=O) groups excluding carboxylic acids is 2. The van der Waals surface area contributed by atoms with Gasteiger partial charge in [0.25, 0.3) is 5.91 Å². The first-order valence-electron chi connectivity index (χ1n) is 9.26. The van der Waals surface area contributed by atoms with Crippen LogP contribution in [0.2, 0.25) is 0 Å². The number of carbonyl (C=O) groups is 2. The van der Waals surface area contributed by atoms with E-state index in [-0.39, 0.29) is 17.5 Å². The number of aromatic nitrogens is 3. The first kappa shape index (κ1) is 19.5. The van der Waals surface area contributed by atoms with Gasteiger partial charge in [0, 0.05) is 30.9 Å². The van der Waals surface area contributed by atoms with Crippen LogP contribution in [0, 0.1) is 0 Å². The van der Waals surface area contributed by atoms with Crippen LogP contribution in [0.4, 0.5) is 0 Å². The van der Waals surface area contributed by atoms with Crippen LogP contribution >= 0.6 is 0 Å². The molecule has 2 heterocycles. The molecule has 0 fully saturated rings. The minimum Gasteiger partial charge on any atom is -0.354 e. The lowest BCUT2D eigenvalue weighted by Crippen LogP contribution is -2.45. The van der Waals surface area contributed by atoms with E-state index < -0.39 is 6.04 Å². The van der Waals surface area contributed by atoms with Gasteiger partial charge in [0.1, 0.15) is 6.04 Å². The van der Waals surface area contributed by atoms with Crippen LogP contribution in [0.25, 0.3) is 10.9 Å². The van der Waals surface area contributed by atoms with E-state index in [2.05, 4.69) is 31.1 Å². The summed E-state index contributed by atoms with van der Waals surface area (Å²) in [5.41, 5.74) is 2.19. The molecule has 2 aromatic heterocycles. The molecule has 28 heavy (non-hydrogen) atoms. The molecule has 0 saturated heterocycles. The molecule has 1 unspecified atom stereocenters. The number of nitrogens with one attached hydrogen (secondary N) is 4. The average Bonchev–Trinajstić information content (AvgIpc) is 3.15. The Kier molecular flexibility index (Phi) is 6.69. The molecule has 0 aliphatic carbocycles. The molecule has 3 aromatic rings. The number of aromatic amines is 1. The van der Waals surface area contributed by atoms with Crippen molar-refractivity contribution in [3.63, 3.8) is 0 Å². The summed E-state index contributed by atoms with van der Waals surface area (Å²) < 4.78 is 0. The molecule has 0 saturated carbocycles.